The summed E-state index contributed by atoms with van der Waals surface area (Å²) in [6.45, 7) is 5.73. The maximum atomic E-state index is 8.36. The van der Waals surface area contributed by atoms with Crippen LogP contribution in [0.1, 0.15) is 23.9 Å². The molecule has 0 saturated heterocycles. The molecule has 2 heterocycles. The van der Waals surface area contributed by atoms with Crippen molar-refractivity contribution in [3.05, 3.63) is 78.3 Å². The van der Waals surface area contributed by atoms with Crippen LogP contribution < -0.4 is 11.5 Å². The quantitative estimate of drug-likeness (QED) is 0.583. The molecule has 116 valence electrons. The molecule has 2 aromatic heterocycles. The lowest BCUT2D eigenvalue weighted by Gasteiger charge is -2.10. The van der Waals surface area contributed by atoms with Gasteiger partial charge in [-0.05, 0) is 30.7 Å². The van der Waals surface area contributed by atoms with Gasteiger partial charge in [-0.1, -0.05) is 36.9 Å². The molecule has 5 N–H and O–H groups in total. The molecule has 0 unspecified atom stereocenters. The standard InChI is InChI=1S/C18H19N5/c1-3-5-7-12(4-2)16-10-13(14(19)11-22-16)18(21)15-8-6-9-17(20)23-15/h3-11,21H,2,19H2,1H3,(H2,20,23). The topological polar surface area (TPSA) is 102 Å². The Morgan fingerprint density at radius 1 is 1.26 bits per heavy atom. The number of hydrogen-bond donors (Lipinski definition) is 3. The number of anilines is 2. The summed E-state index contributed by atoms with van der Waals surface area (Å²) in [6, 6.07) is 6.92. The number of nitrogens with one attached hydrogen (secondary N) is 1. The van der Waals surface area contributed by atoms with E-state index in [9.17, 15) is 0 Å². The first-order valence-electron chi connectivity index (χ1n) is 7.10. The second-order valence-corrected chi connectivity index (χ2v) is 4.83. The third kappa shape index (κ3) is 3.71. The summed E-state index contributed by atoms with van der Waals surface area (Å²) >= 11 is 0. The lowest BCUT2D eigenvalue weighted by molar-refractivity contribution is 1.25. The Hall–Kier alpha value is -3.21. The molecular weight excluding hydrogens is 286 g/mol. The monoisotopic (exact) mass is 305 g/mol. The van der Waals surface area contributed by atoms with Crippen molar-refractivity contribution >= 4 is 22.8 Å². The molecule has 0 aliphatic carbocycles. The zero-order valence-electron chi connectivity index (χ0n) is 13.0. The molecule has 0 fully saturated rings. The number of pyridine rings is 2. The second kappa shape index (κ2) is 7.17. The Morgan fingerprint density at radius 3 is 2.70 bits per heavy atom. The molecule has 0 saturated carbocycles. The minimum atomic E-state index is 0.202. The smallest absolute Gasteiger partial charge is 0.124 e. The van der Waals surface area contributed by atoms with Gasteiger partial charge in [0.1, 0.15) is 5.82 Å². The van der Waals surface area contributed by atoms with Crippen LogP contribution in [0.2, 0.25) is 0 Å². The van der Waals surface area contributed by atoms with Gasteiger partial charge in [0.15, 0.2) is 0 Å². The van der Waals surface area contributed by atoms with Crippen LogP contribution in [0.15, 0.2) is 61.3 Å². The first kappa shape index (κ1) is 16.2. The Bertz CT molecular complexity index is 803. The van der Waals surface area contributed by atoms with Crippen LogP contribution in [-0.4, -0.2) is 15.7 Å². The van der Waals surface area contributed by atoms with Gasteiger partial charge >= 0.3 is 0 Å². The van der Waals surface area contributed by atoms with Crippen LogP contribution in [0.25, 0.3) is 5.57 Å². The number of rotatable bonds is 5. The first-order valence-corrected chi connectivity index (χ1v) is 7.10. The van der Waals surface area contributed by atoms with Gasteiger partial charge in [0.25, 0.3) is 0 Å². The number of nitrogens with two attached hydrogens (primary N) is 2. The molecule has 0 aromatic carbocycles. The lowest BCUT2D eigenvalue weighted by atomic mass is 10.0. The zero-order valence-corrected chi connectivity index (χ0v) is 13.0. The second-order valence-electron chi connectivity index (χ2n) is 4.83. The molecule has 2 aromatic rings. The van der Waals surface area contributed by atoms with Crippen LogP contribution in [-0.2, 0) is 0 Å². The maximum absolute atomic E-state index is 8.36. The molecule has 0 aliphatic rings. The van der Waals surface area contributed by atoms with Gasteiger partial charge in [-0.15, -0.1) is 0 Å². The molecule has 2 rings (SSSR count). The van der Waals surface area contributed by atoms with Crippen molar-refractivity contribution < 1.29 is 0 Å². The van der Waals surface area contributed by atoms with Gasteiger partial charge in [-0.3, -0.25) is 10.4 Å². The van der Waals surface area contributed by atoms with Crippen molar-refractivity contribution in [2.24, 2.45) is 0 Å². The summed E-state index contributed by atoms with van der Waals surface area (Å²) < 4.78 is 0. The Balaban J connectivity index is 2.49. The number of allylic oxidation sites excluding steroid dienone is 5. The molecule has 0 spiro atoms. The van der Waals surface area contributed by atoms with Crippen molar-refractivity contribution in [1.29, 1.82) is 5.41 Å². The highest BCUT2D eigenvalue weighted by Crippen LogP contribution is 2.21. The molecule has 0 aliphatic heterocycles. The summed E-state index contributed by atoms with van der Waals surface area (Å²) in [5.41, 5.74) is 14.8. The van der Waals surface area contributed by atoms with E-state index < -0.39 is 0 Å². The molecule has 23 heavy (non-hydrogen) atoms. The first-order chi connectivity index (χ1) is 11.1. The molecule has 0 bridgehead atoms. The van der Waals surface area contributed by atoms with E-state index >= 15 is 0 Å². The van der Waals surface area contributed by atoms with E-state index in [2.05, 4.69) is 16.5 Å². The van der Waals surface area contributed by atoms with Gasteiger partial charge in [-0.2, -0.15) is 0 Å². The van der Waals surface area contributed by atoms with Gasteiger partial charge in [0.2, 0.25) is 0 Å². The predicted molar refractivity (Wildman–Crippen MR) is 96.2 cm³/mol. The van der Waals surface area contributed by atoms with E-state index in [1.54, 1.807) is 36.5 Å². The van der Waals surface area contributed by atoms with E-state index in [4.69, 9.17) is 16.9 Å². The summed E-state index contributed by atoms with van der Waals surface area (Å²) in [4.78, 5) is 8.48. The molecule has 0 atom stereocenters. The average Bonchev–Trinajstić information content (AvgIpc) is 2.56. The minimum absolute atomic E-state index is 0.202. The fraction of sp³-hybridized carbons (Fsp3) is 0.0556. The van der Waals surface area contributed by atoms with Crippen LogP contribution in [0, 0.1) is 5.41 Å². The highest BCUT2D eigenvalue weighted by Gasteiger charge is 2.12. The Kier molecular flexibility index (Phi) is 5.04. The molecule has 5 heteroatoms. The fourth-order valence-corrected chi connectivity index (χ4v) is 2.03. The van der Waals surface area contributed by atoms with E-state index in [-0.39, 0.29) is 5.71 Å². The largest absolute Gasteiger partial charge is 0.397 e. The Morgan fingerprint density at radius 2 is 2.04 bits per heavy atom. The normalized spacial score (nSPS) is 11.6. The van der Waals surface area contributed by atoms with Gasteiger partial charge in [0, 0.05) is 5.56 Å². The number of aromatic nitrogens is 2. The molecule has 0 radical (unpaired) electrons. The summed E-state index contributed by atoms with van der Waals surface area (Å²) in [5, 5.41) is 8.36. The average molecular weight is 305 g/mol. The molecule has 5 nitrogen and oxygen atoms in total. The van der Waals surface area contributed by atoms with Crippen LogP contribution in [0.4, 0.5) is 11.5 Å². The SMILES string of the molecule is C=CC(=CC=CC)c1cc(C(=N)c2cccc(N)n2)c(N)cn1. The highest BCUT2D eigenvalue weighted by atomic mass is 14.8. The van der Waals surface area contributed by atoms with E-state index in [1.165, 1.54) is 0 Å². The van der Waals surface area contributed by atoms with Crippen LogP contribution >= 0.6 is 0 Å². The molecule has 0 amide bonds. The van der Waals surface area contributed by atoms with Crippen molar-refractivity contribution in [1.82, 2.24) is 9.97 Å². The zero-order chi connectivity index (χ0) is 16.8. The van der Waals surface area contributed by atoms with Crippen molar-refractivity contribution in [2.45, 2.75) is 6.92 Å². The maximum Gasteiger partial charge on any atom is 0.124 e. The van der Waals surface area contributed by atoms with Crippen molar-refractivity contribution in [3.63, 3.8) is 0 Å². The van der Waals surface area contributed by atoms with E-state index in [0.29, 0.717) is 28.5 Å². The van der Waals surface area contributed by atoms with Gasteiger partial charge in [0.05, 0.1) is 29.0 Å². The molecular formula is C18H19N5. The third-order valence-corrected chi connectivity index (χ3v) is 3.21. The predicted octanol–water partition coefficient (Wildman–Crippen LogP) is 3.20. The Labute approximate surface area is 135 Å². The van der Waals surface area contributed by atoms with Crippen molar-refractivity contribution in [2.75, 3.05) is 11.5 Å². The number of nitrogen functional groups attached to an aromatic ring is 2. The fourth-order valence-electron chi connectivity index (χ4n) is 2.03. The van der Waals surface area contributed by atoms with Crippen molar-refractivity contribution in [3.8, 4) is 0 Å². The van der Waals surface area contributed by atoms with Gasteiger partial charge in [-0.25, -0.2) is 4.98 Å². The lowest BCUT2D eigenvalue weighted by Crippen LogP contribution is -2.10. The van der Waals surface area contributed by atoms with Crippen LogP contribution in [0.5, 0.6) is 0 Å². The highest BCUT2D eigenvalue weighted by molar-refractivity contribution is 6.13. The summed E-state index contributed by atoms with van der Waals surface area (Å²) in [6.07, 6.45) is 8.97. The number of hydrogen-bond acceptors (Lipinski definition) is 5. The third-order valence-electron chi connectivity index (χ3n) is 3.21. The summed E-state index contributed by atoms with van der Waals surface area (Å²) in [5.74, 6) is 0.361. The van der Waals surface area contributed by atoms with Gasteiger partial charge < -0.3 is 11.5 Å². The summed E-state index contributed by atoms with van der Waals surface area (Å²) in [7, 11) is 0. The number of nitrogens with zero attached hydrogens (tertiary/aromatic N) is 2. The van der Waals surface area contributed by atoms with E-state index in [0.717, 1.165) is 5.57 Å². The van der Waals surface area contributed by atoms with E-state index in [1.807, 2.05) is 25.2 Å². The van der Waals surface area contributed by atoms with Crippen LogP contribution in [0.3, 0.4) is 0 Å². The minimum Gasteiger partial charge on any atom is -0.397 e.